The number of anilines is 1. The maximum absolute atomic E-state index is 13.8. The van der Waals surface area contributed by atoms with Crippen LogP contribution in [0.25, 0.3) is 0 Å². The lowest BCUT2D eigenvalue weighted by Crippen LogP contribution is -2.51. The van der Waals surface area contributed by atoms with Crippen LogP contribution in [-0.2, 0) is 20.5 Å². The molecular formula is C27H15ClF3NO5. The zero-order valence-corrected chi connectivity index (χ0v) is 19.4. The third-order valence-electron chi connectivity index (χ3n) is 7.16. The van der Waals surface area contributed by atoms with E-state index in [1.807, 2.05) is 0 Å². The SMILES string of the molecule is O=C1[C@H]2[C@H](c3ccccc3)OC3(C(=O)c4ccccc4C3=O)[C@H]2C(=O)N1c1ccc(Cl)c(C(F)(F)F)c1. The highest BCUT2D eigenvalue weighted by molar-refractivity contribution is 6.37. The lowest BCUT2D eigenvalue weighted by atomic mass is 9.77. The Morgan fingerprint density at radius 2 is 1.41 bits per heavy atom. The average Bonchev–Trinajstić information content (AvgIpc) is 3.44. The van der Waals surface area contributed by atoms with Gasteiger partial charge in [-0.15, -0.1) is 0 Å². The number of carbonyl (C=O) groups is 4. The molecule has 0 aromatic heterocycles. The largest absolute Gasteiger partial charge is 0.417 e. The Morgan fingerprint density at radius 1 is 0.811 bits per heavy atom. The van der Waals surface area contributed by atoms with E-state index >= 15 is 0 Å². The normalized spacial score (nSPS) is 24.2. The smallest absolute Gasteiger partial charge is 0.349 e. The van der Waals surface area contributed by atoms with Crippen molar-refractivity contribution in [2.75, 3.05) is 4.90 Å². The molecule has 0 bridgehead atoms. The summed E-state index contributed by atoms with van der Waals surface area (Å²) in [4.78, 5) is 55.5. The molecule has 0 radical (unpaired) electrons. The predicted octanol–water partition coefficient (Wildman–Crippen LogP) is 5.05. The van der Waals surface area contributed by atoms with E-state index in [0.717, 1.165) is 12.1 Å². The van der Waals surface area contributed by atoms with Crippen molar-refractivity contribution in [2.24, 2.45) is 11.8 Å². The topological polar surface area (TPSA) is 80.8 Å². The van der Waals surface area contributed by atoms with Crippen molar-refractivity contribution in [1.82, 2.24) is 0 Å². The Hall–Kier alpha value is -3.82. The molecule has 1 aliphatic carbocycles. The van der Waals surface area contributed by atoms with Crippen molar-refractivity contribution in [3.8, 4) is 0 Å². The van der Waals surface area contributed by atoms with E-state index in [2.05, 4.69) is 0 Å². The molecule has 3 aromatic rings. The van der Waals surface area contributed by atoms with Crippen LogP contribution in [-0.4, -0.2) is 29.0 Å². The number of nitrogens with zero attached hydrogens (tertiary/aromatic N) is 1. The number of halogens is 4. The van der Waals surface area contributed by atoms with Gasteiger partial charge in [-0.25, -0.2) is 4.90 Å². The molecule has 0 saturated carbocycles. The maximum Gasteiger partial charge on any atom is 0.417 e. The average molecular weight is 526 g/mol. The molecule has 6 nitrogen and oxygen atoms in total. The molecule has 2 aliphatic heterocycles. The van der Waals surface area contributed by atoms with Gasteiger partial charge in [0.25, 0.3) is 0 Å². The molecule has 3 aromatic carbocycles. The van der Waals surface area contributed by atoms with Crippen molar-refractivity contribution in [3.05, 3.63) is 100 Å². The first-order chi connectivity index (χ1) is 17.6. The van der Waals surface area contributed by atoms with Crippen molar-refractivity contribution in [1.29, 1.82) is 0 Å². The maximum atomic E-state index is 13.8. The summed E-state index contributed by atoms with van der Waals surface area (Å²) in [5.74, 6) is -6.25. The highest BCUT2D eigenvalue weighted by atomic mass is 35.5. The second-order valence-corrected chi connectivity index (χ2v) is 9.47. The summed E-state index contributed by atoms with van der Waals surface area (Å²) >= 11 is 5.73. The third kappa shape index (κ3) is 3.10. The fraction of sp³-hybridized carbons (Fsp3) is 0.185. The van der Waals surface area contributed by atoms with Crippen LogP contribution in [0.4, 0.5) is 18.9 Å². The summed E-state index contributed by atoms with van der Waals surface area (Å²) in [6.45, 7) is 0. The molecule has 37 heavy (non-hydrogen) atoms. The van der Waals surface area contributed by atoms with Crippen molar-refractivity contribution in [3.63, 3.8) is 0 Å². The van der Waals surface area contributed by atoms with Gasteiger partial charge in [-0.2, -0.15) is 13.2 Å². The number of ketones is 2. The number of benzene rings is 3. The zero-order valence-electron chi connectivity index (χ0n) is 18.7. The van der Waals surface area contributed by atoms with E-state index < -0.39 is 63.7 Å². The Labute approximate surface area is 212 Å². The van der Waals surface area contributed by atoms with Crippen molar-refractivity contribution in [2.45, 2.75) is 17.9 Å². The first-order valence-electron chi connectivity index (χ1n) is 11.2. The lowest BCUT2D eigenvalue weighted by Gasteiger charge is -2.27. The number of amides is 2. The Kier molecular flexibility index (Phi) is 4.99. The fourth-order valence-corrected chi connectivity index (χ4v) is 5.81. The monoisotopic (exact) mass is 525 g/mol. The van der Waals surface area contributed by atoms with Crippen LogP contribution in [0.1, 0.15) is 37.9 Å². The fourth-order valence-electron chi connectivity index (χ4n) is 5.58. The number of hydrogen-bond acceptors (Lipinski definition) is 5. The number of rotatable bonds is 2. The minimum atomic E-state index is -4.84. The minimum Gasteiger partial charge on any atom is -0.349 e. The Bertz CT molecular complexity index is 1480. The second-order valence-electron chi connectivity index (χ2n) is 9.07. The van der Waals surface area contributed by atoms with Gasteiger partial charge in [-0.1, -0.05) is 66.2 Å². The molecule has 0 unspecified atom stereocenters. The van der Waals surface area contributed by atoms with E-state index in [0.29, 0.717) is 16.5 Å². The zero-order chi connectivity index (χ0) is 26.3. The number of imide groups is 1. The molecule has 2 fully saturated rings. The Morgan fingerprint density at radius 3 is 2.00 bits per heavy atom. The molecule has 3 aliphatic rings. The molecule has 0 N–H and O–H groups in total. The van der Waals surface area contributed by atoms with Gasteiger partial charge >= 0.3 is 6.18 Å². The van der Waals surface area contributed by atoms with Crippen molar-refractivity contribution < 1.29 is 37.1 Å². The van der Waals surface area contributed by atoms with E-state index in [1.54, 1.807) is 42.5 Å². The summed E-state index contributed by atoms with van der Waals surface area (Å²) in [7, 11) is 0. The molecule has 3 atom stereocenters. The minimum absolute atomic E-state index is 0.0597. The standard InChI is InChI=1S/C27H15ClF3NO5/c28-18-11-10-14(12-17(18)27(29,30)31)32-24(35)19-20(25(32)36)26(37-21(19)13-6-2-1-3-7-13)22(33)15-8-4-5-9-16(15)23(26)34/h1-12,19-21H/t19-,20-,21+/m1/s1. The number of alkyl halides is 3. The van der Waals surface area contributed by atoms with Crippen LogP contribution in [0.3, 0.4) is 0 Å². The number of hydrogen-bond donors (Lipinski definition) is 0. The van der Waals surface area contributed by atoms with Gasteiger partial charge in [-0.05, 0) is 23.8 Å². The van der Waals surface area contributed by atoms with Crippen molar-refractivity contribution >= 4 is 40.7 Å². The summed E-state index contributed by atoms with van der Waals surface area (Å²) in [5.41, 5.74) is -3.33. The molecule has 1 spiro atoms. The lowest BCUT2D eigenvalue weighted by molar-refractivity contribution is -0.137. The highest BCUT2D eigenvalue weighted by Gasteiger charge is 2.74. The van der Waals surface area contributed by atoms with Gasteiger partial charge in [0, 0.05) is 11.1 Å². The van der Waals surface area contributed by atoms with E-state index in [-0.39, 0.29) is 16.8 Å². The van der Waals surface area contributed by atoms with Gasteiger partial charge < -0.3 is 4.74 Å². The second kappa shape index (κ2) is 7.84. The van der Waals surface area contributed by atoms with Crippen LogP contribution in [0.15, 0.2) is 72.8 Å². The van der Waals surface area contributed by atoms with E-state index in [1.165, 1.54) is 12.1 Å². The first kappa shape index (κ1) is 23.6. The summed E-state index contributed by atoms with van der Waals surface area (Å²) in [5, 5.41) is -0.603. The quantitative estimate of drug-likeness (QED) is 0.345. The summed E-state index contributed by atoms with van der Waals surface area (Å²) in [6.07, 6.45) is -6.01. The molecule has 10 heteroatoms. The number of carbonyl (C=O) groups excluding carboxylic acids is 4. The van der Waals surface area contributed by atoms with Crippen LogP contribution >= 0.6 is 11.6 Å². The van der Waals surface area contributed by atoms with E-state index in [9.17, 15) is 32.3 Å². The molecule has 2 saturated heterocycles. The summed E-state index contributed by atoms with van der Waals surface area (Å²) in [6, 6.07) is 17.0. The molecular weight excluding hydrogens is 511 g/mol. The van der Waals surface area contributed by atoms with Crippen LogP contribution in [0, 0.1) is 11.8 Å². The van der Waals surface area contributed by atoms with Gasteiger partial charge in [0.05, 0.1) is 34.2 Å². The van der Waals surface area contributed by atoms with Crippen LogP contribution in [0.2, 0.25) is 5.02 Å². The van der Waals surface area contributed by atoms with Gasteiger partial charge in [-0.3, -0.25) is 19.2 Å². The van der Waals surface area contributed by atoms with Gasteiger partial charge in [0.2, 0.25) is 29.0 Å². The molecule has 2 heterocycles. The van der Waals surface area contributed by atoms with E-state index in [4.69, 9.17) is 16.3 Å². The highest BCUT2D eigenvalue weighted by Crippen LogP contribution is 2.57. The number of ether oxygens (including phenoxy) is 1. The van der Waals surface area contributed by atoms with Crippen LogP contribution in [0.5, 0.6) is 0 Å². The molecule has 6 rings (SSSR count). The van der Waals surface area contributed by atoms with Gasteiger partial charge in [0.1, 0.15) is 0 Å². The Balaban J connectivity index is 1.53. The summed E-state index contributed by atoms with van der Waals surface area (Å²) < 4.78 is 46.7. The number of Topliss-reactive ketones (excluding diaryl/α,β-unsaturated/α-hetero) is 2. The number of fused-ring (bicyclic) bond motifs is 3. The third-order valence-corrected chi connectivity index (χ3v) is 7.49. The predicted molar refractivity (Wildman–Crippen MR) is 124 cm³/mol. The van der Waals surface area contributed by atoms with Gasteiger partial charge in [0.15, 0.2) is 0 Å². The first-order valence-corrected chi connectivity index (χ1v) is 11.6. The molecule has 186 valence electrons. The molecule has 2 amide bonds. The van der Waals surface area contributed by atoms with Crippen LogP contribution < -0.4 is 4.90 Å².